The first-order valence-electron chi connectivity index (χ1n) is 10.3. The molecule has 1 aliphatic carbocycles. The summed E-state index contributed by atoms with van der Waals surface area (Å²) >= 11 is 3.55. The maximum absolute atomic E-state index is 4.43. The number of rotatable bonds is 5. The largest absolute Gasteiger partial charge is 0.356 e. The molecule has 0 amide bonds. The van der Waals surface area contributed by atoms with Crippen LogP contribution in [-0.4, -0.2) is 34.3 Å². The van der Waals surface area contributed by atoms with Gasteiger partial charge in [-0.2, -0.15) is 0 Å². The van der Waals surface area contributed by atoms with E-state index in [1.807, 2.05) is 7.05 Å². The third-order valence-corrected chi connectivity index (χ3v) is 6.71. The average Bonchev–Trinajstić information content (AvgIpc) is 3.37. The number of benzene rings is 1. The molecular weight excluding hydrogens is 543 g/mol. The zero-order valence-corrected chi connectivity index (χ0v) is 20.9. The molecule has 4 rings (SSSR count). The molecule has 0 spiro atoms. The van der Waals surface area contributed by atoms with Crippen LogP contribution in [0, 0.1) is 0 Å². The SMILES string of the molecule is CN=C(NCc1nnc2n1CCCC2)NCC1(c2ccc(Br)cc2)CCCC1.I. The maximum atomic E-state index is 4.43. The van der Waals surface area contributed by atoms with E-state index < -0.39 is 0 Å². The zero-order chi connectivity index (χ0) is 19.4. The van der Waals surface area contributed by atoms with E-state index in [0.717, 1.165) is 41.6 Å². The van der Waals surface area contributed by atoms with E-state index >= 15 is 0 Å². The van der Waals surface area contributed by atoms with Crippen LogP contribution >= 0.6 is 39.9 Å². The minimum atomic E-state index is 0. The number of guanidine groups is 1. The van der Waals surface area contributed by atoms with Gasteiger partial charge in [0, 0.05) is 36.4 Å². The highest BCUT2D eigenvalue weighted by atomic mass is 127. The van der Waals surface area contributed by atoms with Crippen LogP contribution in [0.3, 0.4) is 0 Å². The number of aliphatic imine (C=N–C) groups is 1. The molecule has 1 fully saturated rings. The summed E-state index contributed by atoms with van der Waals surface area (Å²) in [4.78, 5) is 4.43. The van der Waals surface area contributed by atoms with Gasteiger partial charge in [0.2, 0.25) is 0 Å². The number of hydrogen-bond acceptors (Lipinski definition) is 3. The highest BCUT2D eigenvalue weighted by Crippen LogP contribution is 2.40. The molecule has 1 aromatic heterocycles. The Morgan fingerprint density at radius 1 is 1.10 bits per heavy atom. The van der Waals surface area contributed by atoms with Crippen molar-refractivity contribution in [1.82, 2.24) is 25.4 Å². The van der Waals surface area contributed by atoms with Crippen LogP contribution in [0.4, 0.5) is 0 Å². The second-order valence-corrected chi connectivity index (χ2v) is 8.83. The summed E-state index contributed by atoms with van der Waals surface area (Å²) in [5.74, 6) is 2.95. The lowest BCUT2D eigenvalue weighted by Crippen LogP contribution is -2.44. The molecule has 158 valence electrons. The summed E-state index contributed by atoms with van der Waals surface area (Å²) in [5, 5.41) is 15.7. The molecule has 2 aliphatic rings. The van der Waals surface area contributed by atoms with Gasteiger partial charge in [0.05, 0.1) is 6.54 Å². The maximum Gasteiger partial charge on any atom is 0.191 e. The predicted molar refractivity (Wildman–Crippen MR) is 131 cm³/mol. The first-order valence-corrected chi connectivity index (χ1v) is 11.1. The van der Waals surface area contributed by atoms with Crippen LogP contribution in [0.2, 0.25) is 0 Å². The van der Waals surface area contributed by atoms with Crippen molar-refractivity contribution in [3.63, 3.8) is 0 Å². The first-order chi connectivity index (χ1) is 13.7. The van der Waals surface area contributed by atoms with Crippen molar-refractivity contribution in [3.05, 3.63) is 46.0 Å². The monoisotopic (exact) mass is 572 g/mol. The summed E-state index contributed by atoms with van der Waals surface area (Å²) in [5.41, 5.74) is 1.61. The highest BCUT2D eigenvalue weighted by Gasteiger charge is 2.35. The molecule has 29 heavy (non-hydrogen) atoms. The molecule has 0 bridgehead atoms. The van der Waals surface area contributed by atoms with E-state index in [9.17, 15) is 0 Å². The van der Waals surface area contributed by atoms with Crippen LogP contribution in [0.5, 0.6) is 0 Å². The fourth-order valence-corrected chi connectivity index (χ4v) is 4.82. The molecule has 1 aromatic carbocycles. The lowest BCUT2D eigenvalue weighted by Gasteiger charge is -2.31. The Bertz CT molecular complexity index is 826. The van der Waals surface area contributed by atoms with E-state index in [4.69, 9.17) is 0 Å². The highest BCUT2D eigenvalue weighted by molar-refractivity contribution is 14.0. The van der Waals surface area contributed by atoms with E-state index in [0.29, 0.717) is 6.54 Å². The van der Waals surface area contributed by atoms with Gasteiger partial charge in [0.1, 0.15) is 5.82 Å². The van der Waals surface area contributed by atoms with Crippen LogP contribution in [0.15, 0.2) is 33.7 Å². The van der Waals surface area contributed by atoms with Crippen molar-refractivity contribution in [3.8, 4) is 0 Å². The van der Waals surface area contributed by atoms with Gasteiger partial charge in [-0.15, -0.1) is 34.2 Å². The van der Waals surface area contributed by atoms with E-state index in [1.165, 1.54) is 44.1 Å². The number of aryl methyl sites for hydroxylation is 1. The molecular formula is C21H30BrIN6. The number of hydrogen-bond donors (Lipinski definition) is 2. The van der Waals surface area contributed by atoms with E-state index in [-0.39, 0.29) is 29.4 Å². The Hall–Kier alpha value is -1.16. The minimum absolute atomic E-state index is 0. The van der Waals surface area contributed by atoms with Crippen LogP contribution in [0.25, 0.3) is 0 Å². The van der Waals surface area contributed by atoms with Crippen LogP contribution < -0.4 is 10.6 Å². The second-order valence-electron chi connectivity index (χ2n) is 7.91. The average molecular weight is 573 g/mol. The molecule has 0 unspecified atom stereocenters. The Balaban J connectivity index is 0.00000240. The van der Waals surface area contributed by atoms with Gasteiger partial charge in [-0.3, -0.25) is 4.99 Å². The third-order valence-electron chi connectivity index (χ3n) is 6.19. The normalized spacial score (nSPS) is 18.1. The number of fused-ring (bicyclic) bond motifs is 1. The summed E-state index contributed by atoms with van der Waals surface area (Å²) in [6.07, 6.45) is 8.47. The summed E-state index contributed by atoms with van der Waals surface area (Å²) < 4.78 is 3.39. The van der Waals surface area contributed by atoms with Gasteiger partial charge < -0.3 is 15.2 Å². The fraction of sp³-hybridized carbons (Fsp3) is 0.571. The molecule has 2 N–H and O–H groups in total. The quantitative estimate of drug-likeness (QED) is 0.320. The Morgan fingerprint density at radius 2 is 1.86 bits per heavy atom. The van der Waals surface area contributed by atoms with Gasteiger partial charge in [-0.25, -0.2) is 0 Å². The summed E-state index contributed by atoms with van der Waals surface area (Å²) in [7, 11) is 1.83. The molecule has 0 radical (unpaired) electrons. The second kappa shape index (κ2) is 10.2. The smallest absolute Gasteiger partial charge is 0.191 e. The van der Waals surface area contributed by atoms with Crippen LogP contribution in [0.1, 0.15) is 55.7 Å². The molecule has 8 heteroatoms. The Kier molecular flexibility index (Phi) is 7.95. The Morgan fingerprint density at radius 3 is 2.59 bits per heavy atom. The first kappa shape index (κ1) is 22.5. The molecule has 1 saturated carbocycles. The van der Waals surface area contributed by atoms with Crippen molar-refractivity contribution in [2.24, 2.45) is 4.99 Å². The molecule has 1 aliphatic heterocycles. The lowest BCUT2D eigenvalue weighted by molar-refractivity contribution is 0.431. The van der Waals surface area contributed by atoms with E-state index in [1.54, 1.807) is 0 Å². The Labute approximate surface area is 198 Å². The number of aromatic nitrogens is 3. The molecule has 2 heterocycles. The van der Waals surface area contributed by atoms with Gasteiger partial charge >= 0.3 is 0 Å². The van der Waals surface area contributed by atoms with Crippen molar-refractivity contribution in [2.45, 2.75) is 63.5 Å². The van der Waals surface area contributed by atoms with E-state index in [2.05, 4.69) is 70.6 Å². The third kappa shape index (κ3) is 5.13. The van der Waals surface area contributed by atoms with Crippen molar-refractivity contribution in [2.75, 3.05) is 13.6 Å². The zero-order valence-electron chi connectivity index (χ0n) is 17.0. The number of nitrogens with zero attached hydrogens (tertiary/aromatic N) is 4. The van der Waals surface area contributed by atoms with Gasteiger partial charge in [-0.05, 0) is 43.4 Å². The molecule has 0 atom stereocenters. The molecule has 0 saturated heterocycles. The van der Waals surface area contributed by atoms with Crippen molar-refractivity contribution >= 4 is 45.9 Å². The fourth-order valence-electron chi connectivity index (χ4n) is 4.56. The van der Waals surface area contributed by atoms with Crippen molar-refractivity contribution < 1.29 is 0 Å². The van der Waals surface area contributed by atoms with Gasteiger partial charge in [-0.1, -0.05) is 40.9 Å². The topological polar surface area (TPSA) is 67.1 Å². The van der Waals surface area contributed by atoms with Crippen LogP contribution in [-0.2, 0) is 24.9 Å². The van der Waals surface area contributed by atoms with Gasteiger partial charge in [0.25, 0.3) is 0 Å². The number of nitrogens with one attached hydrogen (secondary N) is 2. The number of halogens is 2. The van der Waals surface area contributed by atoms with Gasteiger partial charge in [0.15, 0.2) is 11.8 Å². The van der Waals surface area contributed by atoms with Crippen molar-refractivity contribution in [1.29, 1.82) is 0 Å². The molecule has 2 aromatic rings. The minimum Gasteiger partial charge on any atom is -0.356 e. The lowest BCUT2D eigenvalue weighted by atomic mass is 9.79. The summed E-state index contributed by atoms with van der Waals surface area (Å²) in [6.45, 7) is 2.57. The molecule has 6 nitrogen and oxygen atoms in total. The standard InChI is InChI=1S/C21H29BrN6.HI/c1-23-20(24-14-19-27-26-18-6-2-5-13-28(18)19)25-15-21(11-3-4-12-21)16-7-9-17(22)10-8-16;/h7-10H,2-6,11-15H2,1H3,(H2,23,24,25);1H. The summed E-state index contributed by atoms with van der Waals surface area (Å²) in [6, 6.07) is 8.82. The predicted octanol–water partition coefficient (Wildman–Crippen LogP) is 4.17.